The zero-order chi connectivity index (χ0) is 27.3. The number of carbonyl (C=O) groups excluding carboxylic acids is 2. The summed E-state index contributed by atoms with van der Waals surface area (Å²) in [7, 11) is -2.01. The van der Waals surface area contributed by atoms with E-state index >= 15 is 0 Å². The minimum absolute atomic E-state index is 0.0455. The van der Waals surface area contributed by atoms with E-state index < -0.39 is 34.0 Å². The molecule has 1 aliphatic heterocycles. The van der Waals surface area contributed by atoms with Crippen LogP contribution >= 0.6 is 0 Å². The third kappa shape index (κ3) is 7.63. The molecule has 10 nitrogen and oxygen atoms in total. The van der Waals surface area contributed by atoms with E-state index in [1.807, 2.05) is 6.92 Å². The Bertz CT molecular complexity index is 1220. The van der Waals surface area contributed by atoms with Crippen molar-refractivity contribution in [3.63, 3.8) is 0 Å². The summed E-state index contributed by atoms with van der Waals surface area (Å²) in [6.45, 7) is 3.70. The first-order valence-corrected chi connectivity index (χ1v) is 13.7. The Kier molecular flexibility index (Phi) is 9.11. The molecule has 0 saturated heterocycles. The van der Waals surface area contributed by atoms with E-state index in [2.05, 4.69) is 10.6 Å². The zero-order valence-electron chi connectivity index (χ0n) is 21.3. The summed E-state index contributed by atoms with van der Waals surface area (Å²) < 4.78 is 44.7. The fourth-order valence-corrected chi connectivity index (χ4v) is 4.36. The van der Waals surface area contributed by atoms with Crippen LogP contribution in [0.2, 0.25) is 0 Å². The lowest BCUT2D eigenvalue weighted by Crippen LogP contribution is -2.48. The molecule has 0 radical (unpaired) electrons. The van der Waals surface area contributed by atoms with E-state index in [1.165, 1.54) is 35.6 Å². The van der Waals surface area contributed by atoms with E-state index in [9.17, 15) is 27.5 Å². The van der Waals surface area contributed by atoms with Crippen molar-refractivity contribution < 1.29 is 32.2 Å². The largest absolute Gasteiger partial charge is 0.488 e. The second kappa shape index (κ2) is 11.9. The van der Waals surface area contributed by atoms with Crippen LogP contribution in [-0.4, -0.2) is 79.8 Å². The third-order valence-electron chi connectivity index (χ3n) is 6.28. The van der Waals surface area contributed by atoms with Gasteiger partial charge in [-0.15, -0.1) is 0 Å². The number of sulfonamides is 1. The lowest BCUT2D eigenvalue weighted by atomic mass is 10.0. The molecule has 0 spiro atoms. The highest BCUT2D eigenvalue weighted by Gasteiger charge is 2.32. The van der Waals surface area contributed by atoms with Crippen LogP contribution in [-0.2, 0) is 21.2 Å². The Morgan fingerprint density at radius 1 is 1.22 bits per heavy atom. The Balaban J connectivity index is 1.89. The molecule has 0 saturated carbocycles. The van der Waals surface area contributed by atoms with Crippen LogP contribution in [0.5, 0.6) is 5.75 Å². The maximum absolute atomic E-state index is 13.2. The Hall–Kier alpha value is -3.22. The average molecular weight is 537 g/mol. The van der Waals surface area contributed by atoms with Crippen molar-refractivity contribution >= 4 is 33.3 Å². The minimum Gasteiger partial charge on any atom is -0.488 e. The number of nitrogens with one attached hydrogen (secondary N) is 2. The van der Waals surface area contributed by atoms with Crippen LogP contribution in [0.3, 0.4) is 0 Å². The van der Waals surface area contributed by atoms with Crippen molar-refractivity contribution in [3.05, 3.63) is 53.8 Å². The highest BCUT2D eigenvalue weighted by Crippen LogP contribution is 2.29. The maximum Gasteiger partial charge on any atom is 0.323 e. The van der Waals surface area contributed by atoms with Crippen LogP contribution in [0.4, 0.5) is 20.6 Å². The summed E-state index contributed by atoms with van der Waals surface area (Å²) in [6.07, 6.45) is 0.480. The van der Waals surface area contributed by atoms with Gasteiger partial charge in [0.15, 0.2) is 0 Å². The standard InChI is InChI=1S/C25H33FN4O6S/c1-16-13-30(17(2)15-31)24(32)12-18-11-21(28-25(33)27-20-7-5-19(26)6-8-20)9-10-22(18)36-23(16)14-29(3)37(4,34)35/h5-11,16-17,23,31H,12-15H2,1-4H3,(H2,27,28,33)/t16-,17-,23-/m0/s1. The van der Waals surface area contributed by atoms with Gasteiger partial charge in [0, 0.05) is 36.4 Å². The number of carbonyl (C=O) groups is 2. The molecule has 3 atom stereocenters. The van der Waals surface area contributed by atoms with Gasteiger partial charge in [0.25, 0.3) is 0 Å². The van der Waals surface area contributed by atoms with Gasteiger partial charge in [0.05, 0.1) is 31.9 Å². The number of rotatable bonds is 7. The van der Waals surface area contributed by atoms with Gasteiger partial charge >= 0.3 is 6.03 Å². The molecule has 2 aromatic rings. The second-order valence-corrected chi connectivity index (χ2v) is 11.4. The molecule has 0 aromatic heterocycles. The van der Waals surface area contributed by atoms with Gasteiger partial charge in [-0.25, -0.2) is 21.9 Å². The Morgan fingerprint density at radius 3 is 2.46 bits per heavy atom. The number of aliphatic hydroxyl groups excluding tert-OH is 1. The number of nitrogens with zero attached hydrogens (tertiary/aromatic N) is 2. The van der Waals surface area contributed by atoms with Crippen molar-refractivity contribution in [2.45, 2.75) is 32.4 Å². The van der Waals surface area contributed by atoms with Crippen LogP contribution < -0.4 is 15.4 Å². The molecule has 0 fully saturated rings. The van der Waals surface area contributed by atoms with Crippen molar-refractivity contribution in [3.8, 4) is 5.75 Å². The molecule has 12 heteroatoms. The van der Waals surface area contributed by atoms with Crippen molar-refractivity contribution in [1.29, 1.82) is 0 Å². The molecular weight excluding hydrogens is 503 g/mol. The van der Waals surface area contributed by atoms with Crippen molar-refractivity contribution in [1.82, 2.24) is 9.21 Å². The molecule has 0 bridgehead atoms. The monoisotopic (exact) mass is 536 g/mol. The maximum atomic E-state index is 13.2. The van der Waals surface area contributed by atoms with Crippen LogP contribution in [0.25, 0.3) is 0 Å². The Morgan fingerprint density at radius 2 is 1.84 bits per heavy atom. The molecule has 37 heavy (non-hydrogen) atoms. The molecule has 0 unspecified atom stereocenters. The minimum atomic E-state index is -3.47. The molecule has 1 aliphatic rings. The summed E-state index contributed by atoms with van der Waals surface area (Å²) >= 11 is 0. The molecule has 1 heterocycles. The molecule has 0 aliphatic carbocycles. The van der Waals surface area contributed by atoms with Gasteiger partial charge in [0.1, 0.15) is 17.7 Å². The normalized spacial score (nSPS) is 19.2. The topological polar surface area (TPSA) is 128 Å². The number of hydrogen-bond donors (Lipinski definition) is 3. The van der Waals surface area contributed by atoms with Crippen LogP contribution in [0.15, 0.2) is 42.5 Å². The molecular formula is C25H33FN4O6S. The number of urea groups is 1. The molecule has 3 rings (SSSR count). The van der Waals surface area contributed by atoms with Crippen molar-refractivity contribution in [2.75, 3.05) is 43.6 Å². The van der Waals surface area contributed by atoms with Crippen LogP contribution in [0, 0.1) is 11.7 Å². The highest BCUT2D eigenvalue weighted by atomic mass is 32.2. The number of benzene rings is 2. The van der Waals surface area contributed by atoms with Gasteiger partial charge in [0.2, 0.25) is 15.9 Å². The Labute approximate surface area is 216 Å². The summed E-state index contributed by atoms with van der Waals surface area (Å²) in [6, 6.07) is 9.16. The van der Waals surface area contributed by atoms with Gasteiger partial charge in [-0.1, -0.05) is 6.92 Å². The smallest absolute Gasteiger partial charge is 0.323 e. The number of fused-ring (bicyclic) bond motifs is 1. The van der Waals surface area contributed by atoms with E-state index in [0.29, 0.717) is 22.7 Å². The second-order valence-electron chi connectivity index (χ2n) is 9.34. The first-order chi connectivity index (χ1) is 17.4. The number of ether oxygens (including phenoxy) is 1. The highest BCUT2D eigenvalue weighted by molar-refractivity contribution is 7.88. The van der Waals surface area contributed by atoms with Gasteiger partial charge < -0.3 is 25.4 Å². The first kappa shape index (κ1) is 28.4. The molecule has 2 aromatic carbocycles. The van der Waals surface area contributed by atoms with Gasteiger partial charge in [-0.3, -0.25) is 4.79 Å². The first-order valence-electron chi connectivity index (χ1n) is 11.8. The quantitative estimate of drug-likeness (QED) is 0.499. The predicted molar refractivity (Wildman–Crippen MR) is 139 cm³/mol. The number of amides is 3. The van der Waals surface area contributed by atoms with E-state index in [0.717, 1.165) is 6.26 Å². The van der Waals surface area contributed by atoms with E-state index in [1.54, 1.807) is 30.0 Å². The summed E-state index contributed by atoms with van der Waals surface area (Å²) in [4.78, 5) is 27.3. The average Bonchev–Trinajstić information content (AvgIpc) is 2.87. The summed E-state index contributed by atoms with van der Waals surface area (Å²) in [5.74, 6) is -0.515. The molecule has 3 amide bonds. The third-order valence-corrected chi connectivity index (χ3v) is 7.56. The van der Waals surface area contributed by atoms with Gasteiger partial charge in [-0.2, -0.15) is 0 Å². The zero-order valence-corrected chi connectivity index (χ0v) is 22.1. The molecule has 202 valence electrons. The van der Waals surface area contributed by atoms with Crippen molar-refractivity contribution in [2.24, 2.45) is 5.92 Å². The number of hydrogen-bond acceptors (Lipinski definition) is 6. The summed E-state index contributed by atoms with van der Waals surface area (Å²) in [5, 5.41) is 15.0. The van der Waals surface area contributed by atoms with E-state index in [4.69, 9.17) is 4.74 Å². The fraction of sp³-hybridized carbons (Fsp3) is 0.440. The summed E-state index contributed by atoms with van der Waals surface area (Å²) in [5.41, 5.74) is 1.30. The number of aliphatic hydroxyl groups is 1. The number of halogens is 1. The number of likely N-dealkylation sites (N-methyl/N-ethyl adjacent to an activating group) is 1. The lowest BCUT2D eigenvalue weighted by Gasteiger charge is -2.33. The van der Waals surface area contributed by atoms with Crippen LogP contribution in [0.1, 0.15) is 19.4 Å². The number of anilines is 2. The molecule has 3 N–H and O–H groups in total. The van der Waals surface area contributed by atoms with Gasteiger partial charge in [-0.05, 0) is 49.4 Å². The SMILES string of the molecule is C[C@H]1CN([C@@H](C)CO)C(=O)Cc2cc(NC(=O)Nc3ccc(F)cc3)ccc2O[C@H]1CN(C)S(C)(=O)=O. The predicted octanol–water partition coefficient (Wildman–Crippen LogP) is 2.51. The lowest BCUT2D eigenvalue weighted by molar-refractivity contribution is -0.134. The fourth-order valence-electron chi connectivity index (χ4n) is 3.94. The van der Waals surface area contributed by atoms with E-state index in [-0.39, 0.29) is 37.9 Å².